The fraction of sp³-hybridized carbons (Fsp3) is 0.667. The number of nitrogens with two attached hydrogens (primary N) is 1. The molecule has 1 heterocycles. The van der Waals surface area contributed by atoms with E-state index in [1.165, 1.54) is 0 Å². The molecule has 0 aromatic heterocycles. The van der Waals surface area contributed by atoms with Crippen molar-refractivity contribution in [2.75, 3.05) is 19.3 Å². The van der Waals surface area contributed by atoms with Gasteiger partial charge in [-0.15, -0.1) is 0 Å². The third-order valence-corrected chi connectivity index (χ3v) is 2.21. The molecule has 4 N–H and O–H groups in total. The molecule has 1 aliphatic rings. The Morgan fingerprint density at radius 2 is 2.33 bits per heavy atom. The summed E-state index contributed by atoms with van der Waals surface area (Å²) in [7, 11) is -3.15. The van der Waals surface area contributed by atoms with Gasteiger partial charge in [-0.1, -0.05) is 0 Å². The summed E-state index contributed by atoms with van der Waals surface area (Å²) < 4.78 is 24.1. The summed E-state index contributed by atoms with van der Waals surface area (Å²) in [6.45, 7) is 1.10. The molecule has 0 aliphatic carbocycles. The maximum absolute atomic E-state index is 10.8. The minimum absolute atomic E-state index is 0.345. The van der Waals surface area contributed by atoms with E-state index in [9.17, 15) is 8.42 Å². The molecule has 0 aromatic carbocycles. The molecule has 0 radical (unpaired) electrons. The zero-order valence-electron chi connectivity index (χ0n) is 6.92. The number of hydrogen-bond donors (Lipinski definition) is 3. The van der Waals surface area contributed by atoms with Crippen LogP contribution >= 0.6 is 0 Å². The van der Waals surface area contributed by atoms with Crippen molar-refractivity contribution < 1.29 is 8.42 Å². The highest BCUT2D eigenvalue weighted by molar-refractivity contribution is 7.88. The second-order valence-corrected chi connectivity index (χ2v) is 4.46. The Labute approximate surface area is 72.1 Å². The van der Waals surface area contributed by atoms with Crippen molar-refractivity contribution >= 4 is 10.0 Å². The molecule has 12 heavy (non-hydrogen) atoms. The highest BCUT2D eigenvalue weighted by Gasteiger charge is 2.14. The van der Waals surface area contributed by atoms with Gasteiger partial charge >= 0.3 is 0 Å². The van der Waals surface area contributed by atoms with Crippen molar-refractivity contribution in [3.63, 3.8) is 0 Å². The number of nitrogens with one attached hydrogen (secondary N) is 2. The second kappa shape index (κ2) is 3.32. The molecule has 1 rings (SSSR count). The highest BCUT2D eigenvalue weighted by atomic mass is 32.2. The van der Waals surface area contributed by atoms with Gasteiger partial charge in [0.25, 0.3) is 0 Å². The summed E-state index contributed by atoms with van der Waals surface area (Å²) in [5.41, 5.74) is 6.87. The summed E-state index contributed by atoms with van der Waals surface area (Å²) >= 11 is 0. The van der Waals surface area contributed by atoms with Crippen molar-refractivity contribution in [1.82, 2.24) is 10.0 Å². The van der Waals surface area contributed by atoms with Gasteiger partial charge in [0.05, 0.1) is 6.26 Å². The largest absolute Gasteiger partial charge is 0.385 e. The molecule has 0 fully saturated rings. The first-order valence-corrected chi connectivity index (χ1v) is 5.56. The van der Waals surface area contributed by atoms with E-state index >= 15 is 0 Å². The molecule has 0 spiro atoms. The SMILES string of the molecule is CS(=O)(=O)NC1=C(CN)NCC1. The molecular formula is C6H13N3O2S. The van der Waals surface area contributed by atoms with E-state index < -0.39 is 10.0 Å². The average Bonchev–Trinajstić information content (AvgIpc) is 2.31. The number of hydrogen-bond acceptors (Lipinski definition) is 4. The van der Waals surface area contributed by atoms with Crippen LogP contribution in [0.25, 0.3) is 0 Å². The predicted octanol–water partition coefficient (Wildman–Crippen LogP) is -1.30. The summed E-state index contributed by atoms with van der Waals surface area (Å²) in [5, 5.41) is 3.01. The lowest BCUT2D eigenvalue weighted by Crippen LogP contribution is -2.24. The molecule has 5 nitrogen and oxygen atoms in total. The summed E-state index contributed by atoms with van der Waals surface area (Å²) in [4.78, 5) is 0. The first kappa shape index (κ1) is 9.34. The zero-order chi connectivity index (χ0) is 9.19. The molecule has 0 saturated carbocycles. The Balaban J connectivity index is 2.74. The van der Waals surface area contributed by atoms with Crippen molar-refractivity contribution in [3.05, 3.63) is 11.4 Å². The van der Waals surface area contributed by atoms with E-state index in [2.05, 4.69) is 10.0 Å². The summed E-state index contributed by atoms with van der Waals surface area (Å²) in [6, 6.07) is 0. The number of rotatable bonds is 3. The van der Waals surface area contributed by atoms with E-state index in [1.54, 1.807) is 0 Å². The van der Waals surface area contributed by atoms with Crippen molar-refractivity contribution in [2.45, 2.75) is 6.42 Å². The predicted molar refractivity (Wildman–Crippen MR) is 46.7 cm³/mol. The van der Waals surface area contributed by atoms with E-state index in [-0.39, 0.29) is 0 Å². The quantitative estimate of drug-likeness (QED) is 0.517. The van der Waals surface area contributed by atoms with Gasteiger partial charge in [0.15, 0.2) is 0 Å². The Morgan fingerprint density at radius 1 is 1.67 bits per heavy atom. The third kappa shape index (κ3) is 2.38. The fourth-order valence-corrected chi connectivity index (χ4v) is 1.80. The van der Waals surface area contributed by atoms with Crippen LogP contribution in [0.4, 0.5) is 0 Å². The van der Waals surface area contributed by atoms with Gasteiger partial charge in [-0.25, -0.2) is 8.42 Å². The topological polar surface area (TPSA) is 84.2 Å². The van der Waals surface area contributed by atoms with Gasteiger partial charge in [-0.2, -0.15) is 0 Å². The smallest absolute Gasteiger partial charge is 0.229 e. The number of sulfonamides is 1. The van der Waals surface area contributed by atoms with Crippen LogP contribution < -0.4 is 15.8 Å². The molecule has 1 aliphatic heterocycles. The van der Waals surface area contributed by atoms with Crippen LogP contribution in [-0.2, 0) is 10.0 Å². The maximum atomic E-state index is 10.8. The van der Waals surface area contributed by atoms with Crippen LogP contribution in [-0.4, -0.2) is 27.8 Å². The minimum Gasteiger partial charge on any atom is -0.385 e. The lowest BCUT2D eigenvalue weighted by Gasteiger charge is -2.05. The Morgan fingerprint density at radius 3 is 2.83 bits per heavy atom. The van der Waals surface area contributed by atoms with Gasteiger partial charge in [-0.3, -0.25) is 4.72 Å². The summed E-state index contributed by atoms with van der Waals surface area (Å²) in [5.74, 6) is 0. The van der Waals surface area contributed by atoms with Crippen LogP contribution in [0, 0.1) is 0 Å². The molecule has 0 saturated heterocycles. The lowest BCUT2D eigenvalue weighted by atomic mass is 10.3. The normalized spacial score (nSPS) is 17.8. The molecule has 70 valence electrons. The maximum Gasteiger partial charge on any atom is 0.229 e. The fourth-order valence-electron chi connectivity index (χ4n) is 1.13. The van der Waals surface area contributed by atoms with E-state index in [0.29, 0.717) is 18.7 Å². The minimum atomic E-state index is -3.15. The zero-order valence-corrected chi connectivity index (χ0v) is 7.74. The second-order valence-electron chi connectivity index (χ2n) is 2.71. The molecule has 0 bridgehead atoms. The van der Waals surface area contributed by atoms with Crippen molar-refractivity contribution in [2.24, 2.45) is 5.73 Å². The molecule has 0 atom stereocenters. The monoisotopic (exact) mass is 191 g/mol. The molecule has 6 heteroatoms. The Bertz CT molecular complexity index is 294. The van der Waals surface area contributed by atoms with E-state index in [0.717, 1.165) is 18.5 Å². The third-order valence-electron chi connectivity index (χ3n) is 1.59. The first-order chi connectivity index (χ1) is 5.53. The molecular weight excluding hydrogens is 178 g/mol. The highest BCUT2D eigenvalue weighted by Crippen LogP contribution is 2.09. The van der Waals surface area contributed by atoms with Crippen molar-refractivity contribution in [3.8, 4) is 0 Å². The molecule has 0 amide bonds. The van der Waals surface area contributed by atoms with Crippen LogP contribution in [0.2, 0.25) is 0 Å². The van der Waals surface area contributed by atoms with Crippen molar-refractivity contribution in [1.29, 1.82) is 0 Å². The summed E-state index contributed by atoms with van der Waals surface area (Å²) in [6.07, 6.45) is 1.83. The van der Waals surface area contributed by atoms with E-state index in [1.807, 2.05) is 0 Å². The molecule has 0 unspecified atom stereocenters. The van der Waals surface area contributed by atoms with Gasteiger partial charge in [0.2, 0.25) is 10.0 Å². The molecule has 0 aromatic rings. The Hall–Kier alpha value is -0.750. The van der Waals surface area contributed by atoms with Gasteiger partial charge in [-0.05, 0) is 0 Å². The first-order valence-electron chi connectivity index (χ1n) is 3.66. The van der Waals surface area contributed by atoms with Crippen LogP contribution in [0.1, 0.15) is 6.42 Å². The van der Waals surface area contributed by atoms with Gasteiger partial charge in [0, 0.05) is 30.9 Å². The van der Waals surface area contributed by atoms with Gasteiger partial charge < -0.3 is 11.1 Å². The van der Waals surface area contributed by atoms with Crippen LogP contribution in [0.3, 0.4) is 0 Å². The van der Waals surface area contributed by atoms with Crippen LogP contribution in [0.15, 0.2) is 11.4 Å². The lowest BCUT2D eigenvalue weighted by molar-refractivity contribution is 0.593. The van der Waals surface area contributed by atoms with Crippen LogP contribution in [0.5, 0.6) is 0 Å². The van der Waals surface area contributed by atoms with E-state index in [4.69, 9.17) is 5.73 Å². The van der Waals surface area contributed by atoms with Gasteiger partial charge in [0.1, 0.15) is 0 Å². The standard InChI is InChI=1S/C6H13N3O2S/c1-12(10,11)9-5-2-3-8-6(5)4-7/h8-9H,2-4,7H2,1H3. The average molecular weight is 191 g/mol. The Kier molecular flexibility index (Phi) is 2.58.